The fourth-order valence-corrected chi connectivity index (χ4v) is 6.76. The molecule has 0 unspecified atom stereocenters. The first-order chi connectivity index (χ1) is 27.9. The summed E-state index contributed by atoms with van der Waals surface area (Å²) in [5.41, 5.74) is 14.8. The van der Waals surface area contributed by atoms with Crippen LogP contribution in [0.5, 0.6) is 0 Å². The maximum Gasteiger partial charge on any atom is 0.244 e. The van der Waals surface area contributed by atoms with Crippen molar-refractivity contribution in [2.75, 3.05) is 12.3 Å². The Hall–Kier alpha value is -5.52. The summed E-state index contributed by atoms with van der Waals surface area (Å²) in [6.07, 6.45) is 7.37. The quantitative estimate of drug-likeness (QED) is 0.0274. The maximum absolute atomic E-state index is 14.3. The number of fused-ring (bicyclic) bond motifs is 1. The van der Waals surface area contributed by atoms with Crippen molar-refractivity contribution in [1.82, 2.24) is 41.5 Å². The van der Waals surface area contributed by atoms with Gasteiger partial charge in [-0.3, -0.25) is 24.0 Å². The van der Waals surface area contributed by atoms with Crippen LogP contribution in [-0.2, 0) is 48.0 Å². The molecule has 0 saturated carbocycles. The molecule has 0 aliphatic rings. The molecular formula is C41H56N10O6S. The summed E-state index contributed by atoms with van der Waals surface area (Å²) in [5, 5.41) is 14.7. The zero-order chi connectivity index (χ0) is 42.0. The zero-order valence-corrected chi connectivity index (χ0v) is 33.8. The molecule has 0 radical (unpaired) electrons. The number of nitrogens with one attached hydrogen (secondary N) is 7. The summed E-state index contributed by atoms with van der Waals surface area (Å²) in [5.74, 6) is -3.10. The number of imidazole rings is 1. The molecule has 2 heterocycles. The number of aromatic amines is 2. The molecule has 0 saturated heterocycles. The Morgan fingerprint density at radius 1 is 0.759 bits per heavy atom. The van der Waals surface area contributed by atoms with E-state index in [4.69, 9.17) is 11.5 Å². The van der Waals surface area contributed by atoms with Crippen molar-refractivity contribution in [1.29, 1.82) is 0 Å². The lowest BCUT2D eigenvalue weighted by atomic mass is 10.00. The molecule has 0 aliphatic heterocycles. The first-order valence-corrected chi connectivity index (χ1v) is 20.1. The third-order valence-corrected chi connectivity index (χ3v) is 9.96. The number of thiol groups is 1. The molecular weight excluding hydrogens is 761 g/mol. The largest absolute Gasteiger partial charge is 0.361 e. The molecule has 17 heteroatoms. The van der Waals surface area contributed by atoms with Crippen LogP contribution < -0.4 is 38.1 Å². The second-order valence-corrected chi connectivity index (χ2v) is 15.1. The molecule has 16 nitrogen and oxygen atoms in total. The lowest BCUT2D eigenvalue weighted by Crippen LogP contribution is -2.60. The van der Waals surface area contributed by atoms with Gasteiger partial charge in [-0.15, -0.1) is 0 Å². The predicted molar refractivity (Wildman–Crippen MR) is 224 cm³/mol. The van der Waals surface area contributed by atoms with Gasteiger partial charge in [-0.2, -0.15) is 12.6 Å². The molecule has 2 aromatic heterocycles. The number of carbonyl (C=O) groups is 6. The third kappa shape index (κ3) is 13.8. The Morgan fingerprint density at radius 3 is 2.03 bits per heavy atom. The smallest absolute Gasteiger partial charge is 0.244 e. The summed E-state index contributed by atoms with van der Waals surface area (Å²) in [6, 6.07) is 10.3. The van der Waals surface area contributed by atoms with E-state index >= 15 is 0 Å². The van der Waals surface area contributed by atoms with Crippen molar-refractivity contribution in [3.05, 3.63) is 90.1 Å². The summed E-state index contributed by atoms with van der Waals surface area (Å²) in [7, 11) is 0. The van der Waals surface area contributed by atoms with Crippen LogP contribution in [0.2, 0.25) is 0 Å². The fourth-order valence-electron chi connectivity index (χ4n) is 6.51. The lowest BCUT2D eigenvalue weighted by Gasteiger charge is -2.27. The third-order valence-electron chi connectivity index (χ3n) is 9.59. The Morgan fingerprint density at radius 2 is 1.38 bits per heavy atom. The van der Waals surface area contributed by atoms with E-state index in [2.05, 4.69) is 54.2 Å². The van der Waals surface area contributed by atoms with Crippen LogP contribution in [0.3, 0.4) is 0 Å². The Labute approximate surface area is 343 Å². The van der Waals surface area contributed by atoms with Gasteiger partial charge in [0.05, 0.1) is 18.4 Å². The van der Waals surface area contributed by atoms with Gasteiger partial charge in [-0.25, -0.2) is 4.98 Å². The Balaban J connectivity index is 1.56. The van der Waals surface area contributed by atoms with Gasteiger partial charge in [0.2, 0.25) is 29.5 Å². The highest BCUT2D eigenvalue weighted by Crippen LogP contribution is 2.20. The highest BCUT2D eigenvalue weighted by Gasteiger charge is 2.33. The summed E-state index contributed by atoms with van der Waals surface area (Å²) >= 11 is 4.27. The number of H-pyrrole nitrogens is 2. The number of aldehydes is 1. The van der Waals surface area contributed by atoms with E-state index in [-0.39, 0.29) is 37.4 Å². The standard InChI is InChI=1S/C41H56N10O6S/c1-25(2)16-29(22-52)47-39(55)35(18-27-20-45-32-13-7-6-12-30(27)32)50-40(56)34(17-26-10-4-3-5-11-26)49-38(54)33(14-8-9-15-42)48-41(57)36(23-58)51-37(53)31(43)19-28-21-44-24-46-28/h3-7,10-13,20-22,24-25,29,31,33-36,45,58H,8-9,14-19,23,42-43H2,1-2H3,(H,44,46)(H,47,55)(H,48,57)(H,49,54)(H,50,56)(H,51,53)/t29-,31-,33-,34-,35-,36-/m0/s1. The van der Waals surface area contributed by atoms with E-state index in [0.717, 1.165) is 22.0 Å². The van der Waals surface area contributed by atoms with E-state index in [1.807, 2.05) is 44.2 Å². The van der Waals surface area contributed by atoms with Gasteiger partial charge in [-0.05, 0) is 55.3 Å². The second kappa shape index (κ2) is 23.0. The molecule has 5 amide bonds. The van der Waals surface area contributed by atoms with E-state index in [0.29, 0.717) is 37.8 Å². The van der Waals surface area contributed by atoms with Gasteiger partial charge in [0.1, 0.15) is 30.5 Å². The number of benzene rings is 2. The Bertz CT molecular complexity index is 1940. The van der Waals surface area contributed by atoms with Crippen molar-refractivity contribution in [3.63, 3.8) is 0 Å². The maximum atomic E-state index is 14.3. The van der Waals surface area contributed by atoms with E-state index in [1.165, 1.54) is 6.33 Å². The molecule has 11 N–H and O–H groups in total. The van der Waals surface area contributed by atoms with Crippen LogP contribution in [0.25, 0.3) is 10.9 Å². The number of rotatable bonds is 24. The molecule has 0 fully saturated rings. The number of unbranched alkanes of at least 4 members (excludes halogenated alkanes) is 1. The fraction of sp³-hybridized carbons (Fsp3) is 0.439. The van der Waals surface area contributed by atoms with E-state index in [1.54, 1.807) is 36.7 Å². The van der Waals surface area contributed by atoms with Crippen molar-refractivity contribution < 1.29 is 28.8 Å². The number of hydrogen-bond donors (Lipinski definition) is 10. The van der Waals surface area contributed by atoms with Gasteiger partial charge < -0.3 is 52.8 Å². The molecule has 0 spiro atoms. The molecule has 4 rings (SSSR count). The number of nitrogens with two attached hydrogens (primary N) is 2. The van der Waals surface area contributed by atoms with Crippen molar-refractivity contribution in [2.24, 2.45) is 17.4 Å². The molecule has 58 heavy (non-hydrogen) atoms. The minimum absolute atomic E-state index is 0.0527. The first-order valence-electron chi connectivity index (χ1n) is 19.5. The van der Waals surface area contributed by atoms with E-state index in [9.17, 15) is 28.8 Å². The number of hydrogen-bond acceptors (Lipinski definition) is 10. The average molecular weight is 817 g/mol. The van der Waals surface area contributed by atoms with Gasteiger partial charge >= 0.3 is 0 Å². The number of para-hydroxylation sites is 1. The molecule has 0 bridgehead atoms. The highest BCUT2D eigenvalue weighted by molar-refractivity contribution is 7.80. The van der Waals surface area contributed by atoms with Crippen LogP contribution in [0.1, 0.15) is 56.4 Å². The Kier molecular flexibility index (Phi) is 17.9. The summed E-state index contributed by atoms with van der Waals surface area (Å²) in [4.78, 5) is 90.7. The van der Waals surface area contributed by atoms with Crippen LogP contribution in [0.15, 0.2) is 73.3 Å². The summed E-state index contributed by atoms with van der Waals surface area (Å²) in [6.45, 7) is 4.22. The van der Waals surface area contributed by atoms with Crippen LogP contribution in [0.4, 0.5) is 0 Å². The van der Waals surface area contributed by atoms with Crippen molar-refractivity contribution >= 4 is 59.4 Å². The zero-order valence-electron chi connectivity index (χ0n) is 32.9. The van der Waals surface area contributed by atoms with Crippen LogP contribution >= 0.6 is 12.6 Å². The highest BCUT2D eigenvalue weighted by atomic mass is 32.1. The summed E-state index contributed by atoms with van der Waals surface area (Å²) < 4.78 is 0. The first kappa shape index (κ1) is 45.2. The van der Waals surface area contributed by atoms with Gasteiger partial charge in [0.25, 0.3) is 0 Å². The molecule has 312 valence electrons. The van der Waals surface area contributed by atoms with Crippen molar-refractivity contribution in [2.45, 2.75) is 95.0 Å². The molecule has 0 aliphatic carbocycles. The molecule has 4 aromatic rings. The van der Waals surface area contributed by atoms with Gasteiger partial charge in [-0.1, -0.05) is 62.4 Å². The van der Waals surface area contributed by atoms with Gasteiger partial charge in [0.15, 0.2) is 0 Å². The topological polar surface area (TPSA) is 259 Å². The number of carbonyl (C=O) groups excluding carboxylic acids is 6. The minimum atomic E-state index is -1.19. The average Bonchev–Trinajstić information content (AvgIpc) is 3.88. The van der Waals surface area contributed by atoms with Crippen molar-refractivity contribution in [3.8, 4) is 0 Å². The van der Waals surface area contributed by atoms with Crippen LogP contribution in [0, 0.1) is 5.92 Å². The lowest BCUT2D eigenvalue weighted by molar-refractivity contribution is -0.134. The number of aromatic nitrogens is 3. The second-order valence-electron chi connectivity index (χ2n) is 14.7. The predicted octanol–water partition coefficient (Wildman–Crippen LogP) is 0.974. The molecule has 2 aromatic carbocycles. The molecule has 6 atom stereocenters. The number of amides is 5. The minimum Gasteiger partial charge on any atom is -0.361 e. The normalized spacial score (nSPS) is 14.4. The van der Waals surface area contributed by atoms with Crippen LogP contribution in [-0.4, -0.2) is 99.3 Å². The van der Waals surface area contributed by atoms with Gasteiger partial charge in [0, 0.05) is 54.0 Å². The SMILES string of the molecule is CC(C)C[C@@H](C=O)NC(=O)[C@H](Cc1c[nH]c2ccccc12)NC(=O)[C@H](Cc1ccccc1)NC(=O)[C@H](CCCCN)NC(=O)[C@H](CS)NC(=O)[C@@H](N)Cc1cnc[nH]1. The number of nitrogens with zero attached hydrogens (tertiary/aromatic N) is 1. The van der Waals surface area contributed by atoms with E-state index < -0.39 is 65.8 Å². The monoisotopic (exact) mass is 816 g/mol.